The van der Waals surface area contributed by atoms with Gasteiger partial charge in [0.25, 0.3) is 0 Å². The lowest BCUT2D eigenvalue weighted by Gasteiger charge is -2.14. The number of primary amides is 1. The molecule has 0 fully saturated rings. The van der Waals surface area contributed by atoms with Gasteiger partial charge in [-0.05, 0) is 17.7 Å². The Labute approximate surface area is 102 Å². The van der Waals surface area contributed by atoms with Crippen LogP contribution in [-0.4, -0.2) is 12.7 Å². The number of rotatable bonds is 4. The fourth-order valence-corrected chi connectivity index (χ4v) is 1.40. The first kappa shape index (κ1) is 14.3. The molecular formula is C11H13F3N2O2. The first-order valence-electron chi connectivity index (χ1n) is 5.15. The highest BCUT2D eigenvalue weighted by molar-refractivity contribution is 5.64. The van der Waals surface area contributed by atoms with Crippen molar-refractivity contribution in [2.75, 3.05) is 6.61 Å². The maximum atomic E-state index is 12.5. The molecule has 0 aliphatic carbocycles. The Morgan fingerprint density at radius 1 is 1.39 bits per heavy atom. The number of hydrogen-bond acceptors (Lipinski definition) is 3. The van der Waals surface area contributed by atoms with Crippen LogP contribution in [0.5, 0.6) is 0 Å². The summed E-state index contributed by atoms with van der Waals surface area (Å²) in [6.45, 7) is -0.0350. The molecule has 100 valence electrons. The highest BCUT2D eigenvalue weighted by atomic mass is 19.4. The van der Waals surface area contributed by atoms with E-state index in [-0.39, 0.29) is 13.0 Å². The smallest absolute Gasteiger partial charge is 0.416 e. The van der Waals surface area contributed by atoms with Gasteiger partial charge in [-0.3, -0.25) is 0 Å². The zero-order valence-corrected chi connectivity index (χ0v) is 9.41. The van der Waals surface area contributed by atoms with Crippen LogP contribution in [0, 0.1) is 0 Å². The molecule has 1 atom stereocenters. The summed E-state index contributed by atoms with van der Waals surface area (Å²) in [6, 6.07) is 4.08. The molecule has 1 rings (SSSR count). The average Bonchev–Trinajstić information content (AvgIpc) is 2.27. The van der Waals surface area contributed by atoms with Gasteiger partial charge in [-0.2, -0.15) is 13.2 Å². The molecule has 1 aromatic rings. The van der Waals surface area contributed by atoms with Crippen molar-refractivity contribution in [2.24, 2.45) is 11.5 Å². The van der Waals surface area contributed by atoms with Gasteiger partial charge in [0.05, 0.1) is 12.2 Å². The summed E-state index contributed by atoms with van der Waals surface area (Å²) in [5, 5.41) is 0. The van der Waals surface area contributed by atoms with Gasteiger partial charge in [-0.25, -0.2) is 4.79 Å². The summed E-state index contributed by atoms with van der Waals surface area (Å²) in [4.78, 5) is 10.3. The van der Waals surface area contributed by atoms with Crippen LogP contribution >= 0.6 is 0 Å². The van der Waals surface area contributed by atoms with Gasteiger partial charge in [-0.15, -0.1) is 0 Å². The van der Waals surface area contributed by atoms with Gasteiger partial charge in [0, 0.05) is 12.5 Å². The number of carbonyl (C=O) groups excluding carboxylic acids is 1. The van der Waals surface area contributed by atoms with Crippen molar-refractivity contribution < 1.29 is 22.7 Å². The van der Waals surface area contributed by atoms with Gasteiger partial charge in [0.15, 0.2) is 0 Å². The maximum Gasteiger partial charge on any atom is 0.416 e. The Hall–Kier alpha value is -1.76. The molecule has 7 heteroatoms. The van der Waals surface area contributed by atoms with Crippen LogP contribution in [0.3, 0.4) is 0 Å². The molecule has 4 nitrogen and oxygen atoms in total. The molecule has 18 heavy (non-hydrogen) atoms. The third-order valence-corrected chi connectivity index (χ3v) is 2.32. The van der Waals surface area contributed by atoms with E-state index in [0.29, 0.717) is 5.56 Å². The van der Waals surface area contributed by atoms with Crippen LogP contribution in [0.15, 0.2) is 24.3 Å². The summed E-state index contributed by atoms with van der Waals surface area (Å²) in [6.07, 6.45) is -5.14. The van der Waals surface area contributed by atoms with E-state index in [1.807, 2.05) is 0 Å². The molecule has 0 aliphatic heterocycles. The Morgan fingerprint density at radius 2 is 2.06 bits per heavy atom. The molecule has 0 spiro atoms. The minimum absolute atomic E-state index is 0.0350. The van der Waals surface area contributed by atoms with E-state index in [0.717, 1.165) is 12.1 Å². The van der Waals surface area contributed by atoms with Crippen LogP contribution < -0.4 is 11.5 Å². The average molecular weight is 262 g/mol. The zero-order chi connectivity index (χ0) is 13.8. The van der Waals surface area contributed by atoms with Crippen molar-refractivity contribution >= 4 is 6.09 Å². The van der Waals surface area contributed by atoms with Crippen molar-refractivity contribution in [3.05, 3.63) is 35.4 Å². The monoisotopic (exact) mass is 262 g/mol. The van der Waals surface area contributed by atoms with Gasteiger partial charge in [0.1, 0.15) is 0 Å². The zero-order valence-electron chi connectivity index (χ0n) is 9.41. The number of carbonyl (C=O) groups is 1. The van der Waals surface area contributed by atoms with Crippen LogP contribution in [0.4, 0.5) is 18.0 Å². The van der Waals surface area contributed by atoms with Crippen LogP contribution in [0.2, 0.25) is 0 Å². The molecule has 0 saturated carbocycles. The molecule has 0 bridgehead atoms. The Morgan fingerprint density at radius 3 is 2.61 bits per heavy atom. The highest BCUT2D eigenvalue weighted by Gasteiger charge is 2.30. The van der Waals surface area contributed by atoms with Crippen LogP contribution in [0.25, 0.3) is 0 Å². The lowest BCUT2D eigenvalue weighted by Crippen LogP contribution is -2.18. The van der Waals surface area contributed by atoms with E-state index in [2.05, 4.69) is 4.74 Å². The molecule has 0 saturated heterocycles. The number of nitrogens with two attached hydrogens (primary N) is 2. The number of benzene rings is 1. The standard InChI is InChI=1S/C11H13F3N2O2/c12-11(13,14)8-3-1-2-7(6-8)9(15)4-5-18-10(16)17/h1-3,6,9H,4-5,15H2,(H2,16,17). The summed E-state index contributed by atoms with van der Waals surface area (Å²) < 4.78 is 41.9. The first-order chi connectivity index (χ1) is 8.30. The molecule has 4 N–H and O–H groups in total. The highest BCUT2D eigenvalue weighted by Crippen LogP contribution is 2.30. The number of ether oxygens (including phenoxy) is 1. The lowest BCUT2D eigenvalue weighted by molar-refractivity contribution is -0.137. The first-order valence-corrected chi connectivity index (χ1v) is 5.15. The molecule has 0 heterocycles. The lowest BCUT2D eigenvalue weighted by atomic mass is 10.0. The second kappa shape index (κ2) is 5.72. The van der Waals surface area contributed by atoms with Gasteiger partial charge >= 0.3 is 12.3 Å². The minimum Gasteiger partial charge on any atom is -0.450 e. The predicted octanol–water partition coefficient (Wildman–Crippen LogP) is 2.19. The van der Waals surface area contributed by atoms with Crippen molar-refractivity contribution in [1.82, 2.24) is 0 Å². The van der Waals surface area contributed by atoms with Crippen molar-refractivity contribution in [3.63, 3.8) is 0 Å². The number of amides is 1. The number of hydrogen-bond donors (Lipinski definition) is 2. The van der Waals surface area contributed by atoms with Crippen LogP contribution in [-0.2, 0) is 10.9 Å². The van der Waals surface area contributed by atoms with Gasteiger partial charge in [-0.1, -0.05) is 12.1 Å². The molecule has 0 aromatic heterocycles. The van der Waals surface area contributed by atoms with E-state index < -0.39 is 23.9 Å². The third-order valence-electron chi connectivity index (χ3n) is 2.32. The summed E-state index contributed by atoms with van der Waals surface area (Å²) in [5.74, 6) is 0. The Balaban J connectivity index is 2.68. The molecule has 1 amide bonds. The van der Waals surface area contributed by atoms with E-state index >= 15 is 0 Å². The quantitative estimate of drug-likeness (QED) is 0.873. The van der Waals surface area contributed by atoms with Crippen molar-refractivity contribution in [2.45, 2.75) is 18.6 Å². The van der Waals surface area contributed by atoms with E-state index in [1.165, 1.54) is 12.1 Å². The Bertz CT molecular complexity index is 421. The number of halogens is 3. The topological polar surface area (TPSA) is 78.3 Å². The van der Waals surface area contributed by atoms with Crippen LogP contribution in [0.1, 0.15) is 23.6 Å². The Kier molecular flexibility index (Phi) is 4.55. The minimum atomic E-state index is -4.40. The summed E-state index contributed by atoms with van der Waals surface area (Å²) >= 11 is 0. The predicted molar refractivity (Wildman–Crippen MR) is 58.5 cm³/mol. The van der Waals surface area contributed by atoms with Crippen molar-refractivity contribution in [3.8, 4) is 0 Å². The largest absolute Gasteiger partial charge is 0.450 e. The normalized spacial score (nSPS) is 13.1. The molecular weight excluding hydrogens is 249 g/mol. The SMILES string of the molecule is NC(=O)OCCC(N)c1cccc(C(F)(F)F)c1. The van der Waals surface area contributed by atoms with E-state index in [9.17, 15) is 18.0 Å². The second-order valence-electron chi connectivity index (χ2n) is 3.69. The molecule has 1 aromatic carbocycles. The van der Waals surface area contributed by atoms with Gasteiger partial charge in [0.2, 0.25) is 0 Å². The molecule has 1 unspecified atom stereocenters. The summed E-state index contributed by atoms with van der Waals surface area (Å²) in [5.41, 5.74) is 10.0. The van der Waals surface area contributed by atoms with Gasteiger partial charge < -0.3 is 16.2 Å². The second-order valence-corrected chi connectivity index (χ2v) is 3.69. The van der Waals surface area contributed by atoms with E-state index in [4.69, 9.17) is 11.5 Å². The summed E-state index contributed by atoms with van der Waals surface area (Å²) in [7, 11) is 0. The molecule has 0 aliphatic rings. The van der Waals surface area contributed by atoms with Crippen molar-refractivity contribution in [1.29, 1.82) is 0 Å². The maximum absolute atomic E-state index is 12.5. The fourth-order valence-electron chi connectivity index (χ4n) is 1.40. The fraction of sp³-hybridized carbons (Fsp3) is 0.364. The third kappa shape index (κ3) is 4.25. The van der Waals surface area contributed by atoms with E-state index in [1.54, 1.807) is 0 Å². The molecule has 0 radical (unpaired) electrons. The number of alkyl halides is 3.